The Morgan fingerprint density at radius 3 is 2.14 bits per heavy atom. The van der Waals surface area contributed by atoms with Crippen LogP contribution in [-0.2, 0) is 29.6 Å². The predicted molar refractivity (Wildman–Crippen MR) is 160 cm³/mol. The third-order valence-corrected chi connectivity index (χ3v) is 8.80. The highest BCUT2D eigenvalue weighted by molar-refractivity contribution is 7.10. The number of hydrogen-bond donors (Lipinski definition) is 2. The molecule has 3 fully saturated rings. The molecule has 2 aromatic rings. The molecule has 1 aromatic carbocycles. The van der Waals surface area contributed by atoms with Gasteiger partial charge in [0.15, 0.2) is 0 Å². The van der Waals surface area contributed by atoms with Gasteiger partial charge in [-0.2, -0.15) is 0 Å². The summed E-state index contributed by atoms with van der Waals surface area (Å²) in [4.78, 5) is 54.1. The van der Waals surface area contributed by atoms with Gasteiger partial charge in [0.1, 0.15) is 12.2 Å². The zero-order chi connectivity index (χ0) is 31.0. The number of thiophene rings is 1. The molecule has 2 N–H and O–H groups in total. The molecular formula is C30H38N4O8S. The van der Waals surface area contributed by atoms with Crippen molar-refractivity contribution in [3.05, 3.63) is 64.9 Å². The molecule has 1 spiro atoms. The van der Waals surface area contributed by atoms with Gasteiger partial charge < -0.3 is 34.4 Å². The summed E-state index contributed by atoms with van der Waals surface area (Å²) >= 11 is 1.68. The lowest BCUT2D eigenvalue weighted by molar-refractivity contribution is -0.169. The first-order chi connectivity index (χ1) is 20.6. The van der Waals surface area contributed by atoms with Gasteiger partial charge in [-0.25, -0.2) is 19.3 Å². The van der Waals surface area contributed by atoms with Gasteiger partial charge >= 0.3 is 18.0 Å². The number of hydrogen-bond acceptors (Lipinski definition) is 9. The Labute approximate surface area is 254 Å². The maximum atomic E-state index is 13.7. The SMILES string of the molecule is CN(C)C(=O)N1CN(c2ccccc2)C2(CCN(CCCC3(c4cccs4)OCCO3)CC2)C1=O.O=C(O)/C=C/C(=O)O. The second-order valence-electron chi connectivity index (χ2n) is 10.7. The van der Waals surface area contributed by atoms with Crippen molar-refractivity contribution in [2.45, 2.75) is 37.0 Å². The highest BCUT2D eigenvalue weighted by atomic mass is 32.1. The van der Waals surface area contributed by atoms with Crippen LogP contribution in [0.5, 0.6) is 0 Å². The van der Waals surface area contributed by atoms with Crippen LogP contribution in [0.3, 0.4) is 0 Å². The van der Waals surface area contributed by atoms with Crippen LogP contribution in [0.15, 0.2) is 60.0 Å². The first-order valence-corrected chi connectivity index (χ1v) is 15.0. The van der Waals surface area contributed by atoms with Crippen molar-refractivity contribution in [2.24, 2.45) is 0 Å². The molecule has 1 aromatic heterocycles. The maximum absolute atomic E-state index is 13.7. The number of urea groups is 1. The van der Waals surface area contributed by atoms with E-state index >= 15 is 0 Å². The number of carboxylic acid groups (broad SMARTS) is 2. The highest BCUT2D eigenvalue weighted by Crippen LogP contribution is 2.41. The normalized spacial score (nSPS) is 19.4. The van der Waals surface area contributed by atoms with Crippen molar-refractivity contribution in [2.75, 3.05) is 58.5 Å². The number of rotatable bonds is 8. The summed E-state index contributed by atoms with van der Waals surface area (Å²) in [6.45, 7) is 4.10. The average Bonchev–Trinajstić information content (AvgIpc) is 3.75. The minimum Gasteiger partial charge on any atom is -0.478 e. The van der Waals surface area contributed by atoms with Gasteiger partial charge in [0, 0.05) is 51.4 Å². The largest absolute Gasteiger partial charge is 0.478 e. The Morgan fingerprint density at radius 2 is 1.60 bits per heavy atom. The third kappa shape index (κ3) is 7.42. The molecule has 0 unspecified atom stereocenters. The number of carbonyl (C=O) groups excluding carboxylic acids is 2. The van der Waals surface area contributed by atoms with Crippen LogP contribution in [0, 0.1) is 0 Å². The fraction of sp³-hybridized carbons (Fsp3) is 0.467. The van der Waals surface area contributed by atoms with Gasteiger partial charge in [-0.3, -0.25) is 4.79 Å². The minimum atomic E-state index is -1.26. The smallest absolute Gasteiger partial charge is 0.328 e. The number of piperidine rings is 1. The van der Waals surface area contributed by atoms with Crippen molar-refractivity contribution in [3.63, 3.8) is 0 Å². The molecule has 13 heteroatoms. The Bertz CT molecular complexity index is 1270. The van der Waals surface area contributed by atoms with Crippen LogP contribution in [0.1, 0.15) is 30.6 Å². The third-order valence-electron chi connectivity index (χ3n) is 7.81. The van der Waals surface area contributed by atoms with E-state index in [0.29, 0.717) is 38.2 Å². The zero-order valence-corrected chi connectivity index (χ0v) is 25.2. The fourth-order valence-electron chi connectivity index (χ4n) is 5.70. The monoisotopic (exact) mass is 614 g/mol. The molecule has 3 amide bonds. The van der Waals surface area contributed by atoms with Gasteiger partial charge in [0.2, 0.25) is 5.79 Å². The molecule has 232 valence electrons. The first kappa shape index (κ1) is 32.1. The number of aliphatic carboxylic acids is 2. The topological polar surface area (TPSA) is 140 Å². The number of likely N-dealkylation sites (tertiary alicyclic amines) is 1. The quantitative estimate of drug-likeness (QED) is 0.426. The Morgan fingerprint density at radius 1 is 0.977 bits per heavy atom. The molecule has 4 heterocycles. The van der Waals surface area contributed by atoms with Gasteiger partial charge in [-0.1, -0.05) is 24.3 Å². The number of amides is 3. The van der Waals surface area contributed by atoms with E-state index < -0.39 is 23.3 Å². The average molecular weight is 615 g/mol. The van der Waals surface area contributed by atoms with Crippen molar-refractivity contribution in [1.82, 2.24) is 14.7 Å². The van der Waals surface area contributed by atoms with E-state index in [1.54, 1.807) is 25.4 Å². The van der Waals surface area contributed by atoms with E-state index in [1.165, 1.54) is 9.80 Å². The second kappa shape index (κ2) is 14.1. The number of ether oxygens (including phenoxy) is 2. The molecule has 12 nitrogen and oxygen atoms in total. The van der Waals surface area contributed by atoms with Crippen LogP contribution in [-0.4, -0.2) is 108 Å². The summed E-state index contributed by atoms with van der Waals surface area (Å²) < 4.78 is 12.1. The molecule has 0 bridgehead atoms. The molecular weight excluding hydrogens is 576 g/mol. The van der Waals surface area contributed by atoms with Crippen LogP contribution < -0.4 is 4.90 Å². The van der Waals surface area contributed by atoms with Crippen molar-refractivity contribution < 1.29 is 38.9 Å². The Hall–Kier alpha value is -3.78. The van der Waals surface area contributed by atoms with Crippen LogP contribution in [0.25, 0.3) is 0 Å². The van der Waals surface area contributed by atoms with Gasteiger partial charge in [0.05, 0.1) is 18.1 Å². The summed E-state index contributed by atoms with van der Waals surface area (Å²) in [7, 11) is 3.38. The molecule has 5 rings (SSSR count). The van der Waals surface area contributed by atoms with E-state index in [9.17, 15) is 19.2 Å². The summed E-state index contributed by atoms with van der Waals surface area (Å²) in [6, 6.07) is 13.9. The molecule has 0 saturated carbocycles. The van der Waals surface area contributed by atoms with E-state index in [1.807, 2.05) is 36.4 Å². The minimum absolute atomic E-state index is 0.0795. The lowest BCUT2D eigenvalue weighted by atomic mass is 9.85. The maximum Gasteiger partial charge on any atom is 0.328 e. The molecule has 43 heavy (non-hydrogen) atoms. The Kier molecular flexibility index (Phi) is 10.6. The number of carbonyl (C=O) groups is 4. The lowest BCUT2D eigenvalue weighted by Gasteiger charge is -2.43. The fourth-order valence-corrected chi connectivity index (χ4v) is 6.56. The van der Waals surface area contributed by atoms with Crippen LogP contribution in [0.2, 0.25) is 0 Å². The van der Waals surface area contributed by atoms with Gasteiger partial charge in [-0.05, 0) is 49.4 Å². The molecule has 0 aliphatic carbocycles. The number of nitrogens with zero attached hydrogens (tertiary/aromatic N) is 4. The number of carboxylic acids is 2. The highest BCUT2D eigenvalue weighted by Gasteiger charge is 2.55. The van der Waals surface area contributed by atoms with Crippen molar-refractivity contribution in [3.8, 4) is 0 Å². The summed E-state index contributed by atoms with van der Waals surface area (Å²) in [6.07, 6.45) is 4.27. The number of para-hydroxylation sites is 1. The van der Waals surface area contributed by atoms with Crippen LogP contribution >= 0.6 is 11.3 Å². The number of benzene rings is 1. The number of anilines is 1. The molecule has 3 aliphatic rings. The summed E-state index contributed by atoms with van der Waals surface area (Å²) in [5.74, 6) is -3.20. The van der Waals surface area contributed by atoms with Gasteiger partial charge in [0.25, 0.3) is 5.91 Å². The summed E-state index contributed by atoms with van der Waals surface area (Å²) in [5.41, 5.74) is 0.302. The zero-order valence-electron chi connectivity index (χ0n) is 24.4. The predicted octanol–water partition coefficient (Wildman–Crippen LogP) is 3.26. The van der Waals surface area contributed by atoms with Crippen LogP contribution in [0.4, 0.5) is 10.5 Å². The van der Waals surface area contributed by atoms with Gasteiger partial charge in [-0.15, -0.1) is 11.3 Å². The molecule has 3 saturated heterocycles. The van der Waals surface area contributed by atoms with E-state index in [-0.39, 0.29) is 18.6 Å². The molecule has 0 atom stereocenters. The van der Waals surface area contributed by atoms with E-state index in [4.69, 9.17) is 19.7 Å². The first-order valence-electron chi connectivity index (χ1n) is 14.1. The van der Waals surface area contributed by atoms with E-state index in [2.05, 4.69) is 21.2 Å². The Balaban J connectivity index is 0.000000467. The van der Waals surface area contributed by atoms with E-state index in [0.717, 1.165) is 43.0 Å². The lowest BCUT2D eigenvalue weighted by Crippen LogP contribution is -2.57. The van der Waals surface area contributed by atoms with Crippen molar-refractivity contribution >= 4 is 40.9 Å². The van der Waals surface area contributed by atoms with Crippen molar-refractivity contribution in [1.29, 1.82) is 0 Å². The number of imide groups is 1. The summed E-state index contributed by atoms with van der Waals surface area (Å²) in [5, 5.41) is 17.7. The molecule has 0 radical (unpaired) electrons. The molecule has 3 aliphatic heterocycles. The standard InChI is InChI=1S/C26H34N4O4S.C4H4O4/c1-27(2)24(32)29-20-30(21-8-4-3-5-9-21)25(23(29)31)12-15-28(16-13-25)14-7-11-26(33-17-18-34-26)22-10-6-19-35-22;5-3(6)1-2-4(7)8/h3-6,8-10,19H,7,11-18,20H2,1-2H3;1-2H,(H,5,6)(H,7,8)/b;2-1+. The second-order valence-corrected chi connectivity index (χ2v) is 11.7.